The molecule has 1 amide bonds. The van der Waals surface area contributed by atoms with E-state index in [0.717, 1.165) is 47.5 Å². The lowest BCUT2D eigenvalue weighted by Crippen LogP contribution is -2.39. The number of aromatic nitrogens is 3. The largest absolute Gasteiger partial charge is 0.342 e. The molecule has 7 heteroatoms. The zero-order chi connectivity index (χ0) is 22.9. The van der Waals surface area contributed by atoms with E-state index in [1.807, 2.05) is 46.1 Å². The highest BCUT2D eigenvalue weighted by molar-refractivity contribution is 7.16. The monoisotopic (exact) mass is 460 g/mol. The quantitative estimate of drug-likeness (QED) is 0.445. The van der Waals surface area contributed by atoms with E-state index >= 15 is 0 Å². The number of amides is 1. The number of carbonyl (C=O) groups excluding carboxylic acids is 1. The van der Waals surface area contributed by atoms with Crippen molar-refractivity contribution in [1.82, 2.24) is 19.0 Å². The average Bonchev–Trinajstić information content (AvgIpc) is 3.38. The molecule has 1 saturated heterocycles. The highest BCUT2D eigenvalue weighted by Crippen LogP contribution is 2.28. The summed E-state index contributed by atoms with van der Waals surface area (Å²) in [5.74, 6) is 1.47. The molecule has 0 spiro atoms. The summed E-state index contributed by atoms with van der Waals surface area (Å²) in [5.41, 5.74) is 4.43. The van der Waals surface area contributed by atoms with Crippen LogP contribution in [0.1, 0.15) is 41.3 Å². The van der Waals surface area contributed by atoms with Gasteiger partial charge in [-0.25, -0.2) is 4.98 Å². The summed E-state index contributed by atoms with van der Waals surface area (Å²) in [6, 6.07) is 14.2. The fourth-order valence-corrected chi connectivity index (χ4v) is 5.83. The van der Waals surface area contributed by atoms with E-state index in [4.69, 9.17) is 0 Å². The molecule has 6 nitrogen and oxygen atoms in total. The van der Waals surface area contributed by atoms with E-state index in [0.29, 0.717) is 13.1 Å². The number of thiazole rings is 1. The van der Waals surface area contributed by atoms with Crippen molar-refractivity contribution in [3.05, 3.63) is 87.0 Å². The smallest absolute Gasteiger partial charge is 0.309 e. The molecule has 5 rings (SSSR count). The summed E-state index contributed by atoms with van der Waals surface area (Å²) in [7, 11) is 0. The van der Waals surface area contributed by atoms with Crippen LogP contribution in [0.5, 0.6) is 0 Å². The first-order chi connectivity index (χ1) is 16.0. The Bertz CT molecular complexity index is 1340. The van der Waals surface area contributed by atoms with E-state index in [1.165, 1.54) is 22.5 Å². The number of hydrogen-bond donors (Lipinski definition) is 0. The lowest BCUT2D eigenvalue weighted by molar-refractivity contribution is -0.131. The van der Waals surface area contributed by atoms with Crippen molar-refractivity contribution in [2.24, 2.45) is 0 Å². The third kappa shape index (κ3) is 4.50. The summed E-state index contributed by atoms with van der Waals surface area (Å²) in [4.78, 5) is 32.1. The minimum atomic E-state index is 0.0441. The standard InChI is InChI=1S/C26H28N4O2S/c1-18-13-19(2)15-20(14-18)16-24(31)28-10-7-21(8-11-28)25-27-9-12-29(25)17-30-22-5-3-4-6-23(22)33-26(30)32/h3-6,9,12-15,21H,7-8,10-11,16-17H2,1-2H3. The van der Waals surface area contributed by atoms with Gasteiger partial charge < -0.3 is 9.47 Å². The molecule has 0 atom stereocenters. The van der Waals surface area contributed by atoms with E-state index in [2.05, 4.69) is 41.6 Å². The lowest BCUT2D eigenvalue weighted by atomic mass is 9.95. The summed E-state index contributed by atoms with van der Waals surface area (Å²) >= 11 is 1.28. The zero-order valence-electron chi connectivity index (χ0n) is 19.0. The third-order valence-electron chi connectivity index (χ3n) is 6.46. The number of nitrogens with zero attached hydrogens (tertiary/aromatic N) is 4. The van der Waals surface area contributed by atoms with Crippen LogP contribution in [-0.2, 0) is 17.9 Å². The maximum absolute atomic E-state index is 12.9. The normalized spacial score (nSPS) is 14.8. The Morgan fingerprint density at radius 2 is 1.82 bits per heavy atom. The van der Waals surface area contributed by atoms with Gasteiger partial charge in [0, 0.05) is 31.4 Å². The highest BCUT2D eigenvalue weighted by atomic mass is 32.1. The van der Waals surface area contributed by atoms with Gasteiger partial charge in [-0.05, 0) is 44.4 Å². The van der Waals surface area contributed by atoms with Crippen LogP contribution < -0.4 is 4.87 Å². The molecule has 33 heavy (non-hydrogen) atoms. The van der Waals surface area contributed by atoms with Gasteiger partial charge in [-0.1, -0.05) is 52.8 Å². The fraction of sp³-hybridized carbons (Fsp3) is 0.346. The minimum Gasteiger partial charge on any atom is -0.342 e. The van der Waals surface area contributed by atoms with E-state index in [1.54, 1.807) is 0 Å². The van der Waals surface area contributed by atoms with Crippen molar-refractivity contribution in [1.29, 1.82) is 0 Å². The van der Waals surface area contributed by atoms with Crippen molar-refractivity contribution in [3.8, 4) is 0 Å². The van der Waals surface area contributed by atoms with Gasteiger partial charge in [0.05, 0.1) is 16.6 Å². The molecule has 2 aromatic carbocycles. The number of imidazole rings is 1. The Hall–Kier alpha value is -3.19. The molecular weight excluding hydrogens is 432 g/mol. The number of aryl methyl sites for hydroxylation is 2. The molecule has 0 bridgehead atoms. The molecule has 3 heterocycles. The van der Waals surface area contributed by atoms with Crippen LogP contribution in [0.4, 0.5) is 0 Å². The molecule has 1 aliphatic heterocycles. The number of fused-ring (bicyclic) bond motifs is 1. The Labute approximate surface area is 197 Å². The number of carbonyl (C=O) groups is 1. The molecule has 2 aromatic heterocycles. The second-order valence-corrected chi connectivity index (χ2v) is 9.98. The SMILES string of the molecule is Cc1cc(C)cc(CC(=O)N2CCC(c3nccn3Cn3c(=O)sc4ccccc43)CC2)c1. The van der Waals surface area contributed by atoms with Gasteiger partial charge in [0.1, 0.15) is 12.5 Å². The van der Waals surface area contributed by atoms with Crippen molar-refractivity contribution < 1.29 is 4.79 Å². The fourth-order valence-electron chi connectivity index (χ4n) is 4.95. The number of benzene rings is 2. The first-order valence-corrected chi connectivity index (χ1v) is 12.2. The molecule has 0 radical (unpaired) electrons. The van der Waals surface area contributed by atoms with E-state index in [-0.39, 0.29) is 16.7 Å². The molecule has 0 saturated carbocycles. The second-order valence-electron chi connectivity index (χ2n) is 8.99. The second kappa shape index (κ2) is 8.98. The summed E-state index contributed by atoms with van der Waals surface area (Å²) in [5, 5.41) is 0. The molecule has 0 aliphatic carbocycles. The summed E-state index contributed by atoms with van der Waals surface area (Å²) < 4.78 is 4.89. The van der Waals surface area contributed by atoms with E-state index in [9.17, 15) is 9.59 Å². The molecular formula is C26H28N4O2S. The van der Waals surface area contributed by atoms with Gasteiger partial charge in [-0.3, -0.25) is 14.2 Å². The Morgan fingerprint density at radius 3 is 2.58 bits per heavy atom. The van der Waals surface area contributed by atoms with Gasteiger partial charge in [0.15, 0.2) is 0 Å². The van der Waals surface area contributed by atoms with Gasteiger partial charge in [0.25, 0.3) is 0 Å². The number of para-hydroxylation sites is 1. The van der Waals surface area contributed by atoms with Gasteiger partial charge in [-0.2, -0.15) is 0 Å². The first kappa shape index (κ1) is 21.6. The van der Waals surface area contributed by atoms with Gasteiger partial charge in [0.2, 0.25) is 5.91 Å². The molecule has 170 valence electrons. The van der Waals surface area contributed by atoms with Crippen LogP contribution >= 0.6 is 11.3 Å². The Kier molecular flexibility index (Phi) is 5.89. The van der Waals surface area contributed by atoms with E-state index < -0.39 is 0 Å². The van der Waals surface area contributed by atoms with Crippen LogP contribution in [0, 0.1) is 13.8 Å². The Balaban J connectivity index is 1.26. The molecule has 1 aliphatic rings. The predicted octanol–water partition coefficient (Wildman–Crippen LogP) is 4.33. The Morgan fingerprint density at radius 1 is 1.09 bits per heavy atom. The van der Waals surface area contributed by atoms with Crippen LogP contribution in [0.15, 0.2) is 59.7 Å². The third-order valence-corrected chi connectivity index (χ3v) is 7.42. The predicted molar refractivity (Wildman–Crippen MR) is 132 cm³/mol. The van der Waals surface area contributed by atoms with Crippen LogP contribution in [-0.4, -0.2) is 38.0 Å². The number of hydrogen-bond acceptors (Lipinski definition) is 4. The summed E-state index contributed by atoms with van der Waals surface area (Å²) in [6.07, 6.45) is 5.98. The molecule has 1 fully saturated rings. The van der Waals surface area contributed by atoms with Crippen LogP contribution in [0.2, 0.25) is 0 Å². The van der Waals surface area contributed by atoms with Crippen molar-refractivity contribution in [3.63, 3.8) is 0 Å². The van der Waals surface area contributed by atoms with Crippen LogP contribution in [0.25, 0.3) is 10.2 Å². The average molecular weight is 461 g/mol. The zero-order valence-corrected chi connectivity index (χ0v) is 19.8. The van der Waals surface area contributed by atoms with Crippen LogP contribution in [0.3, 0.4) is 0 Å². The number of piperidine rings is 1. The topological polar surface area (TPSA) is 60.1 Å². The maximum Gasteiger partial charge on any atom is 0.309 e. The van der Waals surface area contributed by atoms with Gasteiger partial charge >= 0.3 is 4.87 Å². The minimum absolute atomic E-state index is 0.0441. The first-order valence-electron chi connectivity index (χ1n) is 11.4. The molecule has 0 unspecified atom stereocenters. The number of rotatable bonds is 5. The van der Waals surface area contributed by atoms with Crippen molar-refractivity contribution in [2.45, 2.75) is 45.7 Å². The van der Waals surface area contributed by atoms with Gasteiger partial charge in [-0.15, -0.1) is 0 Å². The lowest BCUT2D eigenvalue weighted by Gasteiger charge is -2.32. The summed E-state index contributed by atoms with van der Waals surface area (Å²) in [6.45, 7) is 6.08. The van der Waals surface area contributed by atoms with Crippen molar-refractivity contribution >= 4 is 27.5 Å². The van der Waals surface area contributed by atoms with Crippen molar-refractivity contribution in [2.75, 3.05) is 13.1 Å². The molecule has 4 aromatic rings. The molecule has 0 N–H and O–H groups in total. The highest BCUT2D eigenvalue weighted by Gasteiger charge is 2.26. The number of likely N-dealkylation sites (tertiary alicyclic amines) is 1. The maximum atomic E-state index is 12.9.